The zero-order chi connectivity index (χ0) is 29.5. The van der Waals surface area contributed by atoms with Crippen molar-refractivity contribution in [3.8, 4) is 5.75 Å². The van der Waals surface area contributed by atoms with Gasteiger partial charge in [0.25, 0.3) is 5.69 Å². The molecule has 1 aliphatic heterocycles. The first-order chi connectivity index (χ1) is 20.4. The SMILES string of the molecule is O=C(c1ccccc1)c1ccccc1NC(Cc1ccc(OC(c2ccc([N+](=O)[O-])cc2)C2CCCN2)cc1)C(=O)O. The lowest BCUT2D eigenvalue weighted by atomic mass is 9.99. The summed E-state index contributed by atoms with van der Waals surface area (Å²) in [5.41, 5.74) is 3.01. The summed E-state index contributed by atoms with van der Waals surface area (Å²) in [7, 11) is 0. The van der Waals surface area contributed by atoms with Crippen LogP contribution in [0.5, 0.6) is 5.75 Å². The minimum atomic E-state index is -1.04. The topological polar surface area (TPSA) is 131 Å². The number of anilines is 1. The minimum Gasteiger partial charge on any atom is -0.484 e. The molecule has 42 heavy (non-hydrogen) atoms. The molecule has 1 aliphatic rings. The maximum atomic E-state index is 13.1. The molecule has 4 aromatic rings. The summed E-state index contributed by atoms with van der Waals surface area (Å²) in [6.07, 6.45) is 1.77. The molecule has 0 amide bonds. The highest BCUT2D eigenvalue weighted by Gasteiger charge is 2.28. The number of carboxylic acids is 1. The van der Waals surface area contributed by atoms with Crippen LogP contribution < -0.4 is 15.4 Å². The first kappa shape index (κ1) is 28.5. The first-order valence-corrected chi connectivity index (χ1v) is 13.8. The Labute approximate surface area is 243 Å². The number of carbonyl (C=O) groups is 2. The van der Waals surface area contributed by atoms with Crippen LogP contribution in [0.15, 0.2) is 103 Å². The molecule has 3 N–H and O–H groups in total. The number of ether oxygens (including phenoxy) is 1. The monoisotopic (exact) mass is 565 g/mol. The number of nitrogens with zero attached hydrogens (tertiary/aromatic N) is 1. The molecule has 9 nitrogen and oxygen atoms in total. The molecule has 1 saturated heterocycles. The molecule has 5 rings (SSSR count). The molecule has 1 fully saturated rings. The molecule has 214 valence electrons. The number of benzene rings is 4. The van der Waals surface area contributed by atoms with Crippen molar-refractivity contribution in [2.75, 3.05) is 11.9 Å². The third-order valence-corrected chi connectivity index (χ3v) is 7.36. The molecule has 3 atom stereocenters. The summed E-state index contributed by atoms with van der Waals surface area (Å²) in [6.45, 7) is 0.875. The van der Waals surface area contributed by atoms with Crippen molar-refractivity contribution >= 4 is 23.1 Å². The predicted octanol–water partition coefficient (Wildman–Crippen LogP) is 5.81. The van der Waals surface area contributed by atoms with E-state index in [2.05, 4.69) is 10.6 Å². The number of ketones is 1. The van der Waals surface area contributed by atoms with Crippen molar-refractivity contribution in [3.05, 3.63) is 135 Å². The van der Waals surface area contributed by atoms with Gasteiger partial charge in [-0.15, -0.1) is 0 Å². The molecule has 0 aliphatic carbocycles. The van der Waals surface area contributed by atoms with Gasteiger partial charge in [-0.25, -0.2) is 4.79 Å². The Morgan fingerprint density at radius 1 is 0.952 bits per heavy atom. The fourth-order valence-corrected chi connectivity index (χ4v) is 5.16. The van der Waals surface area contributed by atoms with Crippen LogP contribution in [0.3, 0.4) is 0 Å². The number of non-ortho nitro benzene ring substituents is 1. The van der Waals surface area contributed by atoms with Crippen molar-refractivity contribution in [2.45, 2.75) is 37.5 Å². The summed E-state index contributed by atoms with van der Waals surface area (Å²) in [5, 5.41) is 27.6. The average molecular weight is 566 g/mol. The zero-order valence-corrected chi connectivity index (χ0v) is 22.8. The molecule has 1 heterocycles. The number of carboxylic acid groups (broad SMARTS) is 1. The molecule has 9 heteroatoms. The van der Waals surface area contributed by atoms with Crippen LogP contribution in [-0.2, 0) is 11.2 Å². The maximum absolute atomic E-state index is 13.1. The number of carbonyl (C=O) groups excluding carboxylic acids is 1. The first-order valence-electron chi connectivity index (χ1n) is 13.8. The molecule has 4 aromatic carbocycles. The summed E-state index contributed by atoms with van der Waals surface area (Å²) < 4.78 is 6.37. The Morgan fingerprint density at radius 3 is 2.29 bits per heavy atom. The number of nitro groups is 1. The van der Waals surface area contributed by atoms with Crippen LogP contribution >= 0.6 is 0 Å². The Bertz CT molecular complexity index is 1530. The predicted molar refractivity (Wildman–Crippen MR) is 159 cm³/mol. The molecule has 3 unspecified atom stereocenters. The van der Waals surface area contributed by atoms with Crippen LogP contribution in [0.1, 0.15) is 46.0 Å². The lowest BCUT2D eigenvalue weighted by Crippen LogP contribution is -2.32. The highest BCUT2D eigenvalue weighted by molar-refractivity contribution is 6.12. The number of nitro benzene ring substituents is 1. The van der Waals surface area contributed by atoms with Gasteiger partial charge in [0.15, 0.2) is 5.78 Å². The quantitative estimate of drug-likeness (QED) is 0.112. The summed E-state index contributed by atoms with van der Waals surface area (Å²) in [6, 6.07) is 28.5. The van der Waals surface area contributed by atoms with E-state index in [1.807, 2.05) is 18.2 Å². The van der Waals surface area contributed by atoms with Gasteiger partial charge in [0, 0.05) is 41.4 Å². The zero-order valence-electron chi connectivity index (χ0n) is 22.8. The number of rotatable bonds is 12. The Kier molecular flexibility index (Phi) is 8.89. The van der Waals surface area contributed by atoms with Crippen LogP contribution in [0.25, 0.3) is 0 Å². The smallest absolute Gasteiger partial charge is 0.326 e. The number of para-hydroxylation sites is 1. The van der Waals surface area contributed by atoms with Crippen LogP contribution in [0, 0.1) is 10.1 Å². The van der Waals surface area contributed by atoms with Crippen LogP contribution in [-0.4, -0.2) is 40.4 Å². The molecular formula is C33H31N3O6. The van der Waals surface area contributed by atoms with E-state index in [1.54, 1.807) is 72.8 Å². The van der Waals surface area contributed by atoms with Gasteiger partial charge in [0.05, 0.1) is 4.92 Å². The number of hydrogen-bond donors (Lipinski definition) is 3. The highest BCUT2D eigenvalue weighted by Crippen LogP contribution is 2.30. The Hall–Kier alpha value is -5.02. The van der Waals surface area contributed by atoms with Gasteiger partial charge in [-0.05, 0) is 66.9 Å². The van der Waals surface area contributed by atoms with E-state index in [4.69, 9.17) is 4.74 Å². The van der Waals surface area contributed by atoms with Gasteiger partial charge < -0.3 is 20.5 Å². The van der Waals surface area contributed by atoms with Gasteiger partial charge in [-0.2, -0.15) is 0 Å². The van der Waals surface area contributed by atoms with E-state index < -0.39 is 16.9 Å². The summed E-state index contributed by atoms with van der Waals surface area (Å²) >= 11 is 0. The van der Waals surface area contributed by atoms with Gasteiger partial charge in [-0.1, -0.05) is 54.6 Å². The lowest BCUT2D eigenvalue weighted by Gasteiger charge is -2.25. The largest absolute Gasteiger partial charge is 0.484 e. The molecule has 0 bridgehead atoms. The normalized spacial score (nSPS) is 15.9. The van der Waals surface area contributed by atoms with Crippen molar-refractivity contribution in [3.63, 3.8) is 0 Å². The fourth-order valence-electron chi connectivity index (χ4n) is 5.16. The van der Waals surface area contributed by atoms with Crippen LogP contribution in [0.2, 0.25) is 0 Å². The third-order valence-electron chi connectivity index (χ3n) is 7.36. The maximum Gasteiger partial charge on any atom is 0.326 e. The van der Waals surface area contributed by atoms with E-state index in [9.17, 15) is 24.8 Å². The standard InChI is InChI=1S/C33H31N3O6/c37-31(23-7-2-1-3-8-23)27-9-4-5-10-28(27)35-30(33(38)39)21-22-12-18-26(19-13-22)42-32(29-11-6-20-34-29)24-14-16-25(17-15-24)36(40)41/h1-5,7-10,12-19,29-30,32,34-35H,6,11,20-21H2,(H,38,39). The summed E-state index contributed by atoms with van der Waals surface area (Å²) in [4.78, 5) is 36.0. The van der Waals surface area contributed by atoms with Gasteiger partial charge in [0.2, 0.25) is 0 Å². The number of nitrogens with one attached hydrogen (secondary N) is 2. The van der Waals surface area contributed by atoms with Crippen molar-refractivity contribution in [2.24, 2.45) is 0 Å². The molecular weight excluding hydrogens is 534 g/mol. The Morgan fingerprint density at radius 2 is 1.64 bits per heavy atom. The second-order valence-corrected chi connectivity index (χ2v) is 10.2. The number of hydrogen-bond acceptors (Lipinski definition) is 7. The van der Waals surface area contributed by atoms with E-state index in [-0.39, 0.29) is 30.0 Å². The van der Waals surface area contributed by atoms with Crippen molar-refractivity contribution in [1.29, 1.82) is 0 Å². The van der Waals surface area contributed by atoms with Gasteiger partial charge in [0.1, 0.15) is 17.9 Å². The van der Waals surface area contributed by atoms with Gasteiger partial charge in [-0.3, -0.25) is 14.9 Å². The highest BCUT2D eigenvalue weighted by atomic mass is 16.6. The average Bonchev–Trinajstić information content (AvgIpc) is 3.55. The van der Waals surface area contributed by atoms with Crippen molar-refractivity contribution < 1.29 is 24.4 Å². The molecule has 0 saturated carbocycles. The summed E-state index contributed by atoms with van der Waals surface area (Å²) in [5.74, 6) is -0.624. The molecule has 0 radical (unpaired) electrons. The van der Waals surface area contributed by atoms with Gasteiger partial charge >= 0.3 is 5.97 Å². The molecule has 0 spiro atoms. The van der Waals surface area contributed by atoms with E-state index in [0.717, 1.165) is 30.5 Å². The minimum absolute atomic E-state index is 0.0230. The fraction of sp³-hybridized carbons (Fsp3) is 0.212. The number of aliphatic carboxylic acids is 1. The van der Waals surface area contributed by atoms with Crippen molar-refractivity contribution in [1.82, 2.24) is 5.32 Å². The second kappa shape index (κ2) is 13.1. The van der Waals surface area contributed by atoms with E-state index in [1.165, 1.54) is 12.1 Å². The van der Waals surface area contributed by atoms with E-state index in [0.29, 0.717) is 22.6 Å². The Balaban J connectivity index is 1.30. The molecule has 0 aromatic heterocycles. The second-order valence-electron chi connectivity index (χ2n) is 10.2. The van der Waals surface area contributed by atoms with Crippen LogP contribution in [0.4, 0.5) is 11.4 Å². The third kappa shape index (κ3) is 6.82. The van der Waals surface area contributed by atoms with E-state index >= 15 is 0 Å². The lowest BCUT2D eigenvalue weighted by molar-refractivity contribution is -0.384.